The van der Waals surface area contributed by atoms with Gasteiger partial charge in [0.2, 0.25) is 5.91 Å². The van der Waals surface area contributed by atoms with Crippen molar-refractivity contribution in [2.75, 3.05) is 31.9 Å². The Hall–Kier alpha value is -3.38. The first-order valence-electron chi connectivity index (χ1n) is 12.2. The molecule has 1 aliphatic carbocycles. The second-order valence-corrected chi connectivity index (χ2v) is 10.1. The Labute approximate surface area is 211 Å². The zero-order valence-corrected chi connectivity index (χ0v) is 21.4. The second-order valence-electron chi connectivity index (χ2n) is 9.45. The van der Waals surface area contributed by atoms with Gasteiger partial charge >= 0.3 is 0 Å². The Kier molecular flexibility index (Phi) is 6.47. The average Bonchev–Trinajstić information content (AvgIpc) is 2.88. The Bertz CT molecular complexity index is 1420. The maximum atomic E-state index is 15.6. The van der Waals surface area contributed by atoms with Crippen LogP contribution in [-0.4, -0.2) is 59.0 Å². The quantitative estimate of drug-likeness (QED) is 0.324. The summed E-state index contributed by atoms with van der Waals surface area (Å²) >= 11 is 0. The van der Waals surface area contributed by atoms with Gasteiger partial charge in [-0.3, -0.25) is 9.59 Å². The molecule has 3 N–H and O–H groups in total. The van der Waals surface area contributed by atoms with E-state index in [2.05, 4.69) is 9.24 Å². The lowest BCUT2D eigenvalue weighted by molar-refractivity contribution is -0.130. The van der Waals surface area contributed by atoms with Crippen molar-refractivity contribution in [2.45, 2.75) is 32.6 Å². The van der Waals surface area contributed by atoms with Crippen LogP contribution in [0.15, 0.2) is 24.3 Å². The highest BCUT2D eigenvalue weighted by atomic mass is 31.0. The first-order valence-corrected chi connectivity index (χ1v) is 12.8. The first kappa shape index (κ1) is 24.3. The summed E-state index contributed by atoms with van der Waals surface area (Å²) < 4.78 is 15.6. The number of aromatic nitrogens is 1. The molecule has 5 rings (SSSR count). The third-order valence-corrected chi connectivity index (χ3v) is 7.75. The second kappa shape index (κ2) is 9.58. The largest absolute Gasteiger partial charge is 0.398 e. The number of piperazine rings is 1. The number of halogens is 1. The molecule has 186 valence electrons. The first-order chi connectivity index (χ1) is 17.3. The molecule has 1 aromatic heterocycles. The number of pyridine rings is 1. The van der Waals surface area contributed by atoms with Gasteiger partial charge in [0.25, 0.3) is 5.91 Å². The summed E-state index contributed by atoms with van der Waals surface area (Å²) in [4.78, 5) is 32.9. The fourth-order valence-electron chi connectivity index (χ4n) is 5.40. The van der Waals surface area contributed by atoms with Crippen molar-refractivity contribution >= 4 is 49.2 Å². The van der Waals surface area contributed by atoms with Crippen molar-refractivity contribution in [3.05, 3.63) is 52.3 Å². The van der Waals surface area contributed by atoms with E-state index in [0.717, 1.165) is 47.5 Å². The number of hydrogen-bond acceptors (Lipinski definition) is 5. The van der Waals surface area contributed by atoms with E-state index in [1.807, 2.05) is 0 Å². The Morgan fingerprint density at radius 2 is 1.75 bits per heavy atom. The Balaban J connectivity index is 1.56. The van der Waals surface area contributed by atoms with Gasteiger partial charge in [-0.2, -0.15) is 0 Å². The fraction of sp³-hybridized carbons (Fsp3) is 0.333. The molecule has 9 heteroatoms. The lowest BCUT2D eigenvalue weighted by atomic mass is 9.84. The number of anilines is 1. The van der Waals surface area contributed by atoms with Crippen molar-refractivity contribution in [1.29, 1.82) is 5.41 Å². The number of benzene rings is 2. The molecule has 0 bridgehead atoms. The molecule has 2 heterocycles. The summed E-state index contributed by atoms with van der Waals surface area (Å²) in [7, 11) is 2.66. The third-order valence-electron chi connectivity index (χ3n) is 7.31. The van der Waals surface area contributed by atoms with Gasteiger partial charge in [-0.15, -0.1) is 9.24 Å². The normalized spacial score (nSPS) is 15.6. The minimum absolute atomic E-state index is 0.00669. The Morgan fingerprint density at radius 3 is 2.39 bits per heavy atom. The van der Waals surface area contributed by atoms with Crippen molar-refractivity contribution in [3.8, 4) is 11.3 Å². The van der Waals surface area contributed by atoms with E-state index in [9.17, 15) is 9.59 Å². The molecule has 36 heavy (non-hydrogen) atoms. The molecule has 0 radical (unpaired) electrons. The third kappa shape index (κ3) is 4.13. The molecule has 2 aromatic carbocycles. The molecule has 0 spiro atoms. The minimum atomic E-state index is -0.490. The zero-order valence-electron chi connectivity index (χ0n) is 20.2. The van der Waals surface area contributed by atoms with Crippen LogP contribution in [0, 0.1) is 11.2 Å². The summed E-state index contributed by atoms with van der Waals surface area (Å²) in [5.41, 5.74) is 11.4. The van der Waals surface area contributed by atoms with Gasteiger partial charge in [0, 0.05) is 67.1 Å². The van der Waals surface area contributed by atoms with Gasteiger partial charge in [-0.1, -0.05) is 0 Å². The molecule has 1 unspecified atom stereocenters. The van der Waals surface area contributed by atoms with Crippen LogP contribution in [-0.2, 0) is 17.6 Å². The van der Waals surface area contributed by atoms with Crippen LogP contribution in [0.4, 0.5) is 10.1 Å². The predicted molar refractivity (Wildman–Crippen MR) is 144 cm³/mol. The van der Waals surface area contributed by atoms with E-state index < -0.39 is 5.82 Å². The van der Waals surface area contributed by atoms with Crippen molar-refractivity contribution < 1.29 is 14.0 Å². The molecule has 1 saturated heterocycles. The van der Waals surface area contributed by atoms with E-state index >= 15 is 4.39 Å². The maximum Gasteiger partial charge on any atom is 0.254 e. The van der Waals surface area contributed by atoms with Gasteiger partial charge in [0.1, 0.15) is 5.82 Å². The maximum absolute atomic E-state index is 15.6. The molecule has 1 fully saturated rings. The summed E-state index contributed by atoms with van der Waals surface area (Å²) in [6.07, 6.45) is 4.85. The number of amides is 2. The number of nitrogens with two attached hydrogens (primary N) is 1. The van der Waals surface area contributed by atoms with Crippen molar-refractivity contribution in [3.63, 3.8) is 0 Å². The molecule has 1 aliphatic heterocycles. The number of hydrogen-bond donors (Lipinski definition) is 2. The number of fused-ring (bicyclic) bond motifs is 3. The van der Waals surface area contributed by atoms with Crippen LogP contribution in [0.1, 0.15) is 46.8 Å². The highest BCUT2D eigenvalue weighted by Crippen LogP contribution is 2.38. The summed E-state index contributed by atoms with van der Waals surface area (Å²) in [6.45, 7) is 3.34. The van der Waals surface area contributed by atoms with Gasteiger partial charge in [0.15, 0.2) is 0 Å². The topological polar surface area (TPSA) is 103 Å². The van der Waals surface area contributed by atoms with Crippen LogP contribution < -0.4 is 11.0 Å². The summed E-state index contributed by atoms with van der Waals surface area (Å²) in [5, 5.41) is 9.62. The standard InChI is InChI=1S/C27H29FN5O2P/c1-15(34)32-8-10-33(11-9-32)27(35)16-6-7-19(21(28)12-16)25-18-5-3-2-4-17(18)24-20(14-29)22(30)13-23(36)26(24)31-25/h6-7,12-14,29H,2-5,8-11,30,36H2,1H3. The molecule has 7 nitrogen and oxygen atoms in total. The average molecular weight is 506 g/mol. The van der Waals surface area contributed by atoms with E-state index in [1.165, 1.54) is 19.2 Å². The highest BCUT2D eigenvalue weighted by molar-refractivity contribution is 7.28. The van der Waals surface area contributed by atoms with E-state index in [0.29, 0.717) is 54.2 Å². The molecule has 2 aliphatic rings. The van der Waals surface area contributed by atoms with Crippen LogP contribution >= 0.6 is 9.24 Å². The summed E-state index contributed by atoms with van der Waals surface area (Å²) in [5.74, 6) is -0.737. The molecular formula is C27H29FN5O2P. The van der Waals surface area contributed by atoms with Crippen LogP contribution in [0.25, 0.3) is 22.2 Å². The van der Waals surface area contributed by atoms with Crippen molar-refractivity contribution in [2.24, 2.45) is 0 Å². The molecule has 1 atom stereocenters. The number of aryl methyl sites for hydroxylation is 1. The van der Waals surface area contributed by atoms with E-state index in [1.54, 1.807) is 28.0 Å². The lowest BCUT2D eigenvalue weighted by Gasteiger charge is -2.34. The lowest BCUT2D eigenvalue weighted by Crippen LogP contribution is -2.50. The number of nitrogens with one attached hydrogen (secondary N) is 1. The number of carbonyl (C=O) groups excluding carboxylic acids is 2. The smallest absolute Gasteiger partial charge is 0.254 e. The zero-order chi connectivity index (χ0) is 25.6. The van der Waals surface area contributed by atoms with Gasteiger partial charge in [-0.05, 0) is 66.4 Å². The monoisotopic (exact) mass is 505 g/mol. The fourth-order valence-corrected chi connectivity index (χ4v) is 5.79. The summed E-state index contributed by atoms with van der Waals surface area (Å²) in [6, 6.07) is 6.38. The Morgan fingerprint density at radius 1 is 1.08 bits per heavy atom. The van der Waals surface area contributed by atoms with Crippen LogP contribution in [0.3, 0.4) is 0 Å². The molecular weight excluding hydrogens is 476 g/mol. The molecule has 3 aromatic rings. The predicted octanol–water partition coefficient (Wildman–Crippen LogP) is 3.30. The van der Waals surface area contributed by atoms with Gasteiger partial charge in [-0.25, -0.2) is 9.37 Å². The van der Waals surface area contributed by atoms with Crippen molar-refractivity contribution in [1.82, 2.24) is 14.8 Å². The SMILES string of the molecule is CC(=O)N1CCN(C(=O)c2ccc(-c3nc4c(P)cc(N)c(C=N)c4c4c3CCCC4)c(F)c2)CC1. The van der Waals surface area contributed by atoms with E-state index in [4.69, 9.17) is 16.1 Å². The number of rotatable bonds is 3. The molecule has 2 amide bonds. The van der Waals surface area contributed by atoms with E-state index in [-0.39, 0.29) is 17.4 Å². The van der Waals surface area contributed by atoms with Crippen LogP contribution in [0.5, 0.6) is 0 Å². The highest BCUT2D eigenvalue weighted by Gasteiger charge is 2.26. The number of nitrogen functional groups attached to an aromatic ring is 1. The number of carbonyl (C=O) groups is 2. The minimum Gasteiger partial charge on any atom is -0.398 e. The molecule has 0 saturated carbocycles. The van der Waals surface area contributed by atoms with Crippen LogP contribution in [0.2, 0.25) is 0 Å². The van der Waals surface area contributed by atoms with Gasteiger partial charge in [0.05, 0.1) is 11.2 Å². The number of nitrogens with zero attached hydrogens (tertiary/aromatic N) is 3. The van der Waals surface area contributed by atoms with Gasteiger partial charge < -0.3 is 20.9 Å².